The van der Waals surface area contributed by atoms with Gasteiger partial charge in [0.25, 0.3) is 0 Å². The largest absolute Gasteiger partial charge is 0.349 e. The molecule has 2 amide bonds. The number of hydrogen-bond donors (Lipinski definition) is 1. The minimum Gasteiger partial charge on any atom is -0.349 e. The summed E-state index contributed by atoms with van der Waals surface area (Å²) in [6, 6.07) is -0.243. The number of fused-ring (bicyclic) bond motifs is 1. The Labute approximate surface area is 142 Å². The van der Waals surface area contributed by atoms with Crippen molar-refractivity contribution in [1.82, 2.24) is 10.2 Å². The lowest BCUT2D eigenvalue weighted by atomic mass is 9.53. The second-order valence-corrected chi connectivity index (χ2v) is 10.5. The van der Waals surface area contributed by atoms with Gasteiger partial charge in [-0.3, -0.25) is 9.59 Å². The van der Waals surface area contributed by atoms with E-state index in [9.17, 15) is 9.59 Å². The van der Waals surface area contributed by atoms with E-state index in [1.54, 1.807) is 11.8 Å². The van der Waals surface area contributed by atoms with Crippen LogP contribution in [0.5, 0.6) is 0 Å². The van der Waals surface area contributed by atoms with E-state index in [1.807, 2.05) is 4.90 Å². The fourth-order valence-electron chi connectivity index (χ4n) is 6.62. The van der Waals surface area contributed by atoms with Gasteiger partial charge in [-0.2, -0.15) is 0 Å². The molecule has 5 heteroatoms. The van der Waals surface area contributed by atoms with E-state index in [2.05, 4.69) is 12.2 Å². The number of carbonyl (C=O) groups excluding carboxylic acids is 2. The lowest BCUT2D eigenvalue weighted by Crippen LogP contribution is -2.63. The van der Waals surface area contributed by atoms with Crippen molar-refractivity contribution in [2.75, 3.05) is 5.75 Å². The molecule has 2 atom stereocenters. The summed E-state index contributed by atoms with van der Waals surface area (Å²) in [7, 11) is 0. The quantitative estimate of drug-likeness (QED) is 0.844. The van der Waals surface area contributed by atoms with Gasteiger partial charge in [0, 0.05) is 17.7 Å². The summed E-state index contributed by atoms with van der Waals surface area (Å²) in [5.74, 6) is 3.55. The first kappa shape index (κ1) is 14.6. The lowest BCUT2D eigenvalue weighted by molar-refractivity contribution is -0.140. The van der Waals surface area contributed by atoms with Gasteiger partial charge >= 0.3 is 0 Å². The topological polar surface area (TPSA) is 49.4 Å². The molecule has 0 unspecified atom stereocenters. The molecular formula is C18H26N2O2S. The molecule has 126 valence electrons. The third-order valence-corrected chi connectivity index (χ3v) is 8.68. The molecule has 4 bridgehead atoms. The number of nitrogens with zero attached hydrogens (tertiary/aromatic N) is 1. The molecule has 0 aromatic heterocycles. The Balaban J connectivity index is 1.35. The SMILES string of the molecule is C[C@]12CCC(=O)N1[C@H](C(=O)NC13CC4CC(CC(C4)C1)C3)CS2. The maximum Gasteiger partial charge on any atom is 0.244 e. The standard InChI is InChI=1S/C18H26N2O2S/c1-17-3-2-15(21)20(17)14(10-23-17)16(22)19-18-7-11-4-12(8-18)6-13(5-11)9-18/h11-14H,2-10H2,1H3,(H,19,22)/t11?,12?,13?,14-,17-,18?/m0/s1. The number of hydrogen-bond acceptors (Lipinski definition) is 3. The summed E-state index contributed by atoms with van der Waals surface area (Å²) < 4.78 is 0. The van der Waals surface area contributed by atoms with Crippen LogP contribution in [0.1, 0.15) is 58.3 Å². The van der Waals surface area contributed by atoms with E-state index in [4.69, 9.17) is 0 Å². The maximum absolute atomic E-state index is 13.0. The van der Waals surface area contributed by atoms with E-state index >= 15 is 0 Å². The van der Waals surface area contributed by atoms with Gasteiger partial charge in [0.05, 0.1) is 4.87 Å². The fraction of sp³-hybridized carbons (Fsp3) is 0.889. The third-order valence-electron chi connectivity index (χ3n) is 7.17. The highest BCUT2D eigenvalue weighted by molar-refractivity contribution is 8.01. The first-order chi connectivity index (χ1) is 11.0. The van der Waals surface area contributed by atoms with Crippen molar-refractivity contribution >= 4 is 23.6 Å². The van der Waals surface area contributed by atoms with E-state index in [1.165, 1.54) is 38.5 Å². The van der Waals surface area contributed by atoms with Gasteiger partial charge in [-0.25, -0.2) is 0 Å². The van der Waals surface area contributed by atoms with Gasteiger partial charge < -0.3 is 10.2 Å². The fourth-order valence-corrected chi connectivity index (χ4v) is 8.05. The third kappa shape index (κ3) is 2.11. The summed E-state index contributed by atoms with van der Waals surface area (Å²) in [5, 5.41) is 3.47. The molecule has 1 N–H and O–H groups in total. The molecule has 4 aliphatic carbocycles. The van der Waals surface area contributed by atoms with Crippen LogP contribution < -0.4 is 5.32 Å². The van der Waals surface area contributed by atoms with E-state index in [-0.39, 0.29) is 28.3 Å². The predicted molar refractivity (Wildman–Crippen MR) is 89.8 cm³/mol. The number of carbonyl (C=O) groups is 2. The number of nitrogens with one attached hydrogen (secondary N) is 1. The summed E-state index contributed by atoms with van der Waals surface area (Å²) in [6.45, 7) is 2.13. The highest BCUT2D eigenvalue weighted by atomic mass is 32.2. The first-order valence-electron chi connectivity index (χ1n) is 9.25. The summed E-state index contributed by atoms with van der Waals surface area (Å²) >= 11 is 1.79. The van der Waals surface area contributed by atoms with Crippen LogP contribution in [-0.4, -0.2) is 38.9 Å². The van der Waals surface area contributed by atoms with Crippen LogP contribution in [0.4, 0.5) is 0 Å². The normalized spacial score (nSPS) is 50.5. The molecule has 0 aromatic rings. The van der Waals surface area contributed by atoms with E-state index in [0.29, 0.717) is 6.42 Å². The molecule has 4 saturated carbocycles. The number of rotatable bonds is 2. The summed E-state index contributed by atoms with van der Waals surface area (Å²) in [6.07, 6.45) is 9.18. The molecule has 4 nitrogen and oxygen atoms in total. The Bertz CT molecular complexity index is 542. The van der Waals surface area contributed by atoms with Crippen LogP contribution in [0, 0.1) is 17.8 Å². The molecule has 2 aliphatic heterocycles. The van der Waals surface area contributed by atoms with Crippen molar-refractivity contribution in [2.45, 2.75) is 74.7 Å². The van der Waals surface area contributed by atoms with Crippen molar-refractivity contribution < 1.29 is 9.59 Å². The van der Waals surface area contributed by atoms with Crippen LogP contribution in [-0.2, 0) is 9.59 Å². The molecule has 6 fully saturated rings. The van der Waals surface area contributed by atoms with Crippen LogP contribution in [0.2, 0.25) is 0 Å². The molecule has 0 aromatic carbocycles. The minimum atomic E-state index is -0.243. The molecule has 6 rings (SSSR count). The zero-order valence-corrected chi connectivity index (χ0v) is 14.7. The Morgan fingerprint density at radius 2 is 1.78 bits per heavy atom. The van der Waals surface area contributed by atoms with Crippen LogP contribution in [0.15, 0.2) is 0 Å². The molecule has 2 saturated heterocycles. The molecule has 6 aliphatic rings. The Kier molecular flexibility index (Phi) is 2.97. The van der Waals surface area contributed by atoms with Crippen LogP contribution in [0.25, 0.3) is 0 Å². The molecular weight excluding hydrogens is 308 g/mol. The smallest absolute Gasteiger partial charge is 0.244 e. The molecule has 23 heavy (non-hydrogen) atoms. The van der Waals surface area contributed by atoms with Crippen molar-refractivity contribution in [3.05, 3.63) is 0 Å². The van der Waals surface area contributed by atoms with E-state index < -0.39 is 0 Å². The number of amides is 2. The van der Waals surface area contributed by atoms with Gasteiger partial charge in [-0.15, -0.1) is 11.8 Å². The molecule has 2 heterocycles. The molecule has 0 radical (unpaired) electrons. The summed E-state index contributed by atoms with van der Waals surface area (Å²) in [5.41, 5.74) is 0.0538. The number of thioether (sulfide) groups is 1. The molecule has 0 spiro atoms. The average molecular weight is 334 g/mol. The maximum atomic E-state index is 13.0. The second kappa shape index (κ2) is 4.68. The summed E-state index contributed by atoms with van der Waals surface area (Å²) in [4.78, 5) is 27.1. The van der Waals surface area contributed by atoms with Gasteiger partial charge in [-0.05, 0) is 69.6 Å². The average Bonchev–Trinajstić information content (AvgIpc) is 2.94. The Morgan fingerprint density at radius 3 is 2.39 bits per heavy atom. The zero-order valence-electron chi connectivity index (χ0n) is 13.8. The monoisotopic (exact) mass is 334 g/mol. The van der Waals surface area contributed by atoms with E-state index in [0.717, 1.165) is 29.9 Å². The van der Waals surface area contributed by atoms with Gasteiger partial charge in [-0.1, -0.05) is 0 Å². The van der Waals surface area contributed by atoms with Crippen molar-refractivity contribution in [3.8, 4) is 0 Å². The Morgan fingerprint density at radius 1 is 1.17 bits per heavy atom. The van der Waals surface area contributed by atoms with Crippen molar-refractivity contribution in [2.24, 2.45) is 17.8 Å². The zero-order chi connectivity index (χ0) is 15.8. The van der Waals surface area contributed by atoms with Crippen LogP contribution >= 0.6 is 11.8 Å². The second-order valence-electron chi connectivity index (χ2n) is 8.95. The van der Waals surface area contributed by atoms with Crippen molar-refractivity contribution in [1.29, 1.82) is 0 Å². The first-order valence-corrected chi connectivity index (χ1v) is 10.2. The van der Waals surface area contributed by atoms with Gasteiger partial charge in [0.15, 0.2) is 0 Å². The highest BCUT2D eigenvalue weighted by Crippen LogP contribution is 2.56. The lowest BCUT2D eigenvalue weighted by Gasteiger charge is -2.57. The van der Waals surface area contributed by atoms with Crippen molar-refractivity contribution in [3.63, 3.8) is 0 Å². The Hall–Kier alpha value is -0.710. The van der Waals surface area contributed by atoms with Crippen LogP contribution in [0.3, 0.4) is 0 Å². The highest BCUT2D eigenvalue weighted by Gasteiger charge is 2.56. The minimum absolute atomic E-state index is 0.0538. The predicted octanol–water partition coefficient (Wildman–Crippen LogP) is 2.53. The van der Waals surface area contributed by atoms with Gasteiger partial charge in [0.1, 0.15) is 6.04 Å². The van der Waals surface area contributed by atoms with Gasteiger partial charge in [0.2, 0.25) is 11.8 Å².